The van der Waals surface area contributed by atoms with Gasteiger partial charge in [-0.1, -0.05) is 44.9 Å². The van der Waals surface area contributed by atoms with E-state index in [1.807, 2.05) is 0 Å². The van der Waals surface area contributed by atoms with Crippen molar-refractivity contribution in [1.82, 2.24) is 0 Å². The van der Waals surface area contributed by atoms with Crippen molar-refractivity contribution in [1.29, 1.82) is 0 Å². The molecule has 5 rings (SSSR count). The van der Waals surface area contributed by atoms with Crippen LogP contribution in [0.5, 0.6) is 0 Å². The van der Waals surface area contributed by atoms with Crippen LogP contribution in [0.1, 0.15) is 53.4 Å². The van der Waals surface area contributed by atoms with Crippen LogP contribution in [0.3, 0.4) is 0 Å². The molecule has 0 aromatic heterocycles. The van der Waals surface area contributed by atoms with Crippen LogP contribution >= 0.6 is 0 Å². The van der Waals surface area contributed by atoms with Gasteiger partial charge >= 0.3 is 0 Å². The van der Waals surface area contributed by atoms with Gasteiger partial charge in [0.1, 0.15) is 12.2 Å². The minimum Gasteiger partial charge on any atom is -0.390 e. The van der Waals surface area contributed by atoms with Crippen molar-refractivity contribution >= 4 is 0 Å². The molecule has 11 atom stereocenters. The number of rotatable bonds is 6. The van der Waals surface area contributed by atoms with Gasteiger partial charge in [0.05, 0.1) is 31.3 Å². The monoisotopic (exact) mass is 492 g/mol. The van der Waals surface area contributed by atoms with Crippen LogP contribution in [0, 0.1) is 35.0 Å². The molecule has 3 aliphatic carbocycles. The van der Waals surface area contributed by atoms with Crippen LogP contribution in [-0.2, 0) is 23.7 Å². The topological polar surface area (TPSA) is 86.6 Å². The van der Waals surface area contributed by atoms with Crippen molar-refractivity contribution in [2.24, 2.45) is 35.0 Å². The fourth-order valence-corrected chi connectivity index (χ4v) is 7.69. The van der Waals surface area contributed by atoms with Gasteiger partial charge in [-0.25, -0.2) is 0 Å². The highest BCUT2D eigenvalue weighted by molar-refractivity contribution is 5.41. The lowest BCUT2D eigenvalue weighted by atomic mass is 9.68. The highest BCUT2D eigenvalue weighted by Crippen LogP contribution is 2.56. The zero-order valence-corrected chi connectivity index (χ0v) is 22.1. The van der Waals surface area contributed by atoms with Crippen LogP contribution in [0.15, 0.2) is 22.8 Å². The summed E-state index contributed by atoms with van der Waals surface area (Å²) in [6, 6.07) is 0. The Labute approximate surface area is 209 Å². The Morgan fingerprint density at radius 3 is 2.60 bits per heavy atom. The maximum atomic E-state index is 11.9. The minimum atomic E-state index is -0.875. The first-order valence-corrected chi connectivity index (χ1v) is 13.5. The summed E-state index contributed by atoms with van der Waals surface area (Å²) in [4.78, 5) is 0. The van der Waals surface area contributed by atoms with E-state index in [0.717, 1.165) is 32.3 Å². The van der Waals surface area contributed by atoms with E-state index in [9.17, 15) is 10.2 Å². The lowest BCUT2D eigenvalue weighted by Crippen LogP contribution is -2.47. The van der Waals surface area contributed by atoms with Crippen LogP contribution in [0.4, 0.5) is 0 Å². The van der Waals surface area contributed by atoms with Gasteiger partial charge in [0.25, 0.3) is 0 Å². The molecule has 0 aromatic carbocycles. The van der Waals surface area contributed by atoms with E-state index >= 15 is 0 Å². The van der Waals surface area contributed by atoms with Crippen LogP contribution < -0.4 is 0 Å². The number of aliphatic hydroxyl groups is 2. The van der Waals surface area contributed by atoms with Crippen molar-refractivity contribution in [2.45, 2.75) is 90.4 Å². The van der Waals surface area contributed by atoms with E-state index in [1.165, 1.54) is 16.7 Å². The average molecular weight is 493 g/mol. The second-order valence-corrected chi connectivity index (χ2v) is 11.9. The summed E-state index contributed by atoms with van der Waals surface area (Å²) in [6.07, 6.45) is 2.94. The molecule has 0 bridgehead atoms. The van der Waals surface area contributed by atoms with Gasteiger partial charge in [0.15, 0.2) is 12.6 Å². The van der Waals surface area contributed by atoms with Crippen molar-refractivity contribution in [3.63, 3.8) is 0 Å². The third-order valence-electron chi connectivity index (χ3n) is 9.58. The Morgan fingerprint density at radius 2 is 1.91 bits per heavy atom. The summed E-state index contributed by atoms with van der Waals surface area (Å²) in [6.45, 7) is 10.0. The van der Waals surface area contributed by atoms with Crippen molar-refractivity contribution in [3.8, 4) is 0 Å². The number of allylic oxidation sites excluding steroid dienone is 2. The van der Waals surface area contributed by atoms with Crippen molar-refractivity contribution in [2.75, 3.05) is 27.4 Å². The molecule has 2 N–H and O–H groups in total. The molecular weight excluding hydrogens is 448 g/mol. The fourth-order valence-electron chi connectivity index (χ4n) is 7.69. The molecule has 1 saturated carbocycles. The summed E-state index contributed by atoms with van der Waals surface area (Å²) in [7, 11) is 3.36. The highest BCUT2D eigenvalue weighted by Gasteiger charge is 2.56. The zero-order chi connectivity index (χ0) is 25.1. The first-order valence-electron chi connectivity index (χ1n) is 13.5. The number of aliphatic hydroxyl groups excluding tert-OH is 2. The van der Waals surface area contributed by atoms with Gasteiger partial charge in [-0.3, -0.25) is 0 Å². The number of hydrogen-bond acceptors (Lipinski definition) is 7. The average Bonchev–Trinajstić information content (AvgIpc) is 3.56. The first-order chi connectivity index (χ1) is 16.7. The summed E-state index contributed by atoms with van der Waals surface area (Å²) in [5, 5.41) is 23.1. The third kappa shape index (κ3) is 4.25. The number of fused-ring (bicyclic) bond motifs is 3. The summed E-state index contributed by atoms with van der Waals surface area (Å²) in [5.41, 5.74) is 3.81. The second kappa shape index (κ2) is 9.82. The maximum Gasteiger partial charge on any atom is 0.185 e. The minimum absolute atomic E-state index is 0.0206. The molecule has 2 unspecified atom stereocenters. The van der Waals surface area contributed by atoms with Gasteiger partial charge in [0.2, 0.25) is 0 Å². The van der Waals surface area contributed by atoms with E-state index in [-0.39, 0.29) is 23.4 Å². The number of ether oxygens (including phenoxy) is 5. The zero-order valence-electron chi connectivity index (χ0n) is 22.1. The van der Waals surface area contributed by atoms with E-state index in [2.05, 4.69) is 33.8 Å². The van der Waals surface area contributed by atoms with Crippen LogP contribution in [-0.4, -0.2) is 74.6 Å². The Balaban J connectivity index is 1.53. The molecule has 0 aromatic rings. The molecule has 35 heavy (non-hydrogen) atoms. The molecule has 0 spiro atoms. The highest BCUT2D eigenvalue weighted by atomic mass is 16.7. The Hall–Kier alpha value is -0.800. The lowest BCUT2D eigenvalue weighted by molar-refractivity contribution is -0.222. The summed E-state index contributed by atoms with van der Waals surface area (Å²) >= 11 is 0. The lowest BCUT2D eigenvalue weighted by Gasteiger charge is -2.43. The summed E-state index contributed by atoms with van der Waals surface area (Å²) in [5.74, 6) is 0.791. The Kier molecular flexibility index (Phi) is 7.25. The molecule has 0 radical (unpaired) electrons. The second-order valence-electron chi connectivity index (χ2n) is 11.9. The van der Waals surface area contributed by atoms with Crippen LogP contribution in [0.25, 0.3) is 0 Å². The van der Waals surface area contributed by atoms with E-state index < -0.39 is 30.9 Å². The van der Waals surface area contributed by atoms with Gasteiger partial charge in [-0.15, -0.1) is 0 Å². The third-order valence-corrected chi connectivity index (χ3v) is 9.58. The predicted molar refractivity (Wildman–Crippen MR) is 130 cm³/mol. The largest absolute Gasteiger partial charge is 0.390 e. The van der Waals surface area contributed by atoms with Gasteiger partial charge in [-0.2, -0.15) is 0 Å². The number of hydrogen-bond donors (Lipinski definition) is 2. The molecule has 2 saturated heterocycles. The standard InChI is InChI=1S/C28H44O7/c1-14(2)17-9-10-28(4)11-19-16(12-31-5)7-8-18(19)15(3)23(29)25(22(17)28)35-27-24(30)21-20(34-27)13-33-26(21)32-6/h11,14-16,18,20-21,23-27,29-30H,7-10,12-13H2,1-6H3/b19-11-/t15-,16-,18+,20-,21?,23-,24?,25-,26-,27-,28-/m1/s1. The maximum absolute atomic E-state index is 11.9. The molecule has 0 amide bonds. The van der Waals surface area contributed by atoms with Gasteiger partial charge < -0.3 is 33.9 Å². The Bertz CT molecular complexity index is 852. The molecule has 2 aliphatic heterocycles. The molecule has 5 aliphatic rings. The molecular formula is C28H44O7. The molecule has 198 valence electrons. The van der Waals surface area contributed by atoms with Crippen molar-refractivity contribution in [3.05, 3.63) is 22.8 Å². The Morgan fingerprint density at radius 1 is 1.14 bits per heavy atom. The SMILES string of the molecule is COC[C@H]1CC[C@@H]2/C1=C\[C@@]1(C)CCC(C(C)C)=C1[C@@H](O[C@H]1O[C@@H]3CO[C@@H](OC)C3C1O)[C@H](O)[C@@H]2C. The van der Waals surface area contributed by atoms with Crippen LogP contribution in [0.2, 0.25) is 0 Å². The first kappa shape index (κ1) is 25.8. The fraction of sp³-hybridized carbons (Fsp3) is 0.857. The predicted octanol–water partition coefficient (Wildman–Crippen LogP) is 3.44. The summed E-state index contributed by atoms with van der Waals surface area (Å²) < 4.78 is 29.4. The van der Waals surface area contributed by atoms with E-state index in [4.69, 9.17) is 23.7 Å². The smallest absolute Gasteiger partial charge is 0.185 e. The molecule has 3 fully saturated rings. The van der Waals surface area contributed by atoms with Crippen molar-refractivity contribution < 1.29 is 33.9 Å². The van der Waals surface area contributed by atoms with Gasteiger partial charge in [0, 0.05) is 25.6 Å². The van der Waals surface area contributed by atoms with Gasteiger partial charge in [-0.05, 0) is 49.0 Å². The normalized spacial score (nSPS) is 49.0. The number of methoxy groups -OCH3 is 2. The quantitative estimate of drug-likeness (QED) is 0.550. The molecule has 7 heteroatoms. The van der Waals surface area contributed by atoms with E-state index in [1.54, 1.807) is 14.2 Å². The molecule has 7 nitrogen and oxygen atoms in total. The molecule has 2 heterocycles. The van der Waals surface area contributed by atoms with E-state index in [0.29, 0.717) is 24.4 Å².